The van der Waals surface area contributed by atoms with E-state index in [1.165, 1.54) is 12.8 Å². The minimum atomic E-state index is -0.203. The van der Waals surface area contributed by atoms with E-state index in [0.717, 1.165) is 24.6 Å². The lowest BCUT2D eigenvalue weighted by Crippen LogP contribution is -2.21. The quantitative estimate of drug-likeness (QED) is 0.790. The molecule has 0 aliphatic heterocycles. The predicted octanol–water partition coefficient (Wildman–Crippen LogP) is 1.47. The van der Waals surface area contributed by atoms with E-state index in [4.69, 9.17) is 5.26 Å². The normalized spacial score (nSPS) is 17.3. The smallest absolute Gasteiger partial charge is 0.124 e. The second kappa shape index (κ2) is 4.45. The Labute approximate surface area is 89.9 Å². The van der Waals surface area contributed by atoms with Crippen molar-refractivity contribution in [3.8, 4) is 6.07 Å². The molecule has 1 aromatic rings. The fourth-order valence-corrected chi connectivity index (χ4v) is 1.55. The number of nitrogens with zero attached hydrogens (tertiary/aromatic N) is 3. The largest absolute Gasteiger partial charge is 0.298 e. The first kappa shape index (κ1) is 10.2. The zero-order chi connectivity index (χ0) is 10.7. The second-order valence-electron chi connectivity index (χ2n) is 4.04. The summed E-state index contributed by atoms with van der Waals surface area (Å²) >= 11 is 0. The van der Waals surface area contributed by atoms with Gasteiger partial charge in [0.15, 0.2) is 0 Å². The van der Waals surface area contributed by atoms with Crippen molar-refractivity contribution < 1.29 is 0 Å². The van der Waals surface area contributed by atoms with E-state index in [-0.39, 0.29) is 6.04 Å². The highest BCUT2D eigenvalue weighted by molar-refractivity contribution is 5.17. The molecular formula is C11H16N4. The van der Waals surface area contributed by atoms with E-state index < -0.39 is 0 Å². The van der Waals surface area contributed by atoms with Crippen molar-refractivity contribution in [2.24, 2.45) is 5.92 Å². The van der Waals surface area contributed by atoms with Crippen molar-refractivity contribution in [1.82, 2.24) is 15.1 Å². The first-order valence-electron chi connectivity index (χ1n) is 5.49. The lowest BCUT2D eigenvalue weighted by Gasteiger charge is -2.08. The van der Waals surface area contributed by atoms with Crippen molar-refractivity contribution in [2.75, 3.05) is 6.54 Å². The molecule has 2 rings (SSSR count). The Balaban J connectivity index is 1.95. The van der Waals surface area contributed by atoms with E-state index in [1.807, 2.05) is 17.8 Å². The van der Waals surface area contributed by atoms with Gasteiger partial charge in [-0.2, -0.15) is 10.4 Å². The number of aryl methyl sites for hydroxylation is 1. The van der Waals surface area contributed by atoms with Crippen LogP contribution < -0.4 is 5.32 Å². The average molecular weight is 204 g/mol. The van der Waals surface area contributed by atoms with E-state index in [9.17, 15) is 0 Å². The summed E-state index contributed by atoms with van der Waals surface area (Å²) in [5.41, 5.74) is 0.972. The Bertz CT molecular complexity index is 359. The van der Waals surface area contributed by atoms with Crippen molar-refractivity contribution >= 4 is 0 Å². The fourth-order valence-electron chi connectivity index (χ4n) is 1.55. The Morgan fingerprint density at radius 2 is 2.53 bits per heavy atom. The molecular weight excluding hydrogens is 188 g/mol. The molecule has 0 amide bonds. The summed E-state index contributed by atoms with van der Waals surface area (Å²) in [6, 6.07) is 2.07. The number of aromatic nitrogens is 2. The molecule has 0 aromatic carbocycles. The Hall–Kier alpha value is -1.34. The van der Waals surface area contributed by atoms with Crippen LogP contribution in [0.1, 0.15) is 31.4 Å². The predicted molar refractivity (Wildman–Crippen MR) is 57.0 cm³/mol. The van der Waals surface area contributed by atoms with Crippen LogP contribution in [-0.4, -0.2) is 16.3 Å². The van der Waals surface area contributed by atoms with Gasteiger partial charge in [-0.25, -0.2) is 0 Å². The second-order valence-corrected chi connectivity index (χ2v) is 4.04. The molecule has 1 aliphatic carbocycles. The van der Waals surface area contributed by atoms with Gasteiger partial charge in [0.1, 0.15) is 6.04 Å². The molecule has 1 unspecified atom stereocenters. The summed E-state index contributed by atoms with van der Waals surface area (Å²) < 4.78 is 1.85. The maximum atomic E-state index is 9.05. The number of hydrogen-bond donors (Lipinski definition) is 1. The van der Waals surface area contributed by atoms with Gasteiger partial charge in [0.2, 0.25) is 0 Å². The van der Waals surface area contributed by atoms with Crippen LogP contribution in [0.4, 0.5) is 0 Å². The van der Waals surface area contributed by atoms with Gasteiger partial charge in [0, 0.05) is 18.3 Å². The SMILES string of the molecule is CCn1cc(C(C#N)NCC2CC2)cn1. The van der Waals surface area contributed by atoms with Crippen molar-refractivity contribution in [3.63, 3.8) is 0 Å². The number of hydrogen-bond acceptors (Lipinski definition) is 3. The van der Waals surface area contributed by atoms with E-state index >= 15 is 0 Å². The molecule has 1 fully saturated rings. The van der Waals surface area contributed by atoms with Gasteiger partial charge in [-0.05, 0) is 32.2 Å². The number of nitrogens with one attached hydrogen (secondary N) is 1. The zero-order valence-electron chi connectivity index (χ0n) is 8.98. The topological polar surface area (TPSA) is 53.6 Å². The van der Waals surface area contributed by atoms with Crippen LogP contribution in [0.2, 0.25) is 0 Å². The molecule has 15 heavy (non-hydrogen) atoms. The van der Waals surface area contributed by atoms with Gasteiger partial charge in [0.05, 0.1) is 12.3 Å². The monoisotopic (exact) mass is 204 g/mol. The first-order chi connectivity index (χ1) is 7.33. The molecule has 1 atom stereocenters. The van der Waals surface area contributed by atoms with Gasteiger partial charge < -0.3 is 0 Å². The van der Waals surface area contributed by atoms with Gasteiger partial charge in [-0.1, -0.05) is 0 Å². The third-order valence-corrected chi connectivity index (χ3v) is 2.75. The van der Waals surface area contributed by atoms with Crippen molar-refractivity contribution in [1.29, 1.82) is 5.26 Å². The van der Waals surface area contributed by atoms with Gasteiger partial charge in [-0.15, -0.1) is 0 Å². The molecule has 1 N–H and O–H groups in total. The molecule has 4 heteroatoms. The Morgan fingerprint density at radius 1 is 1.73 bits per heavy atom. The molecule has 1 aliphatic rings. The van der Waals surface area contributed by atoms with Gasteiger partial charge >= 0.3 is 0 Å². The highest BCUT2D eigenvalue weighted by Gasteiger charge is 2.22. The van der Waals surface area contributed by atoms with Gasteiger partial charge in [-0.3, -0.25) is 10.00 Å². The summed E-state index contributed by atoms with van der Waals surface area (Å²) in [5, 5.41) is 16.5. The molecule has 1 saturated carbocycles. The minimum Gasteiger partial charge on any atom is -0.298 e. The molecule has 0 radical (unpaired) electrons. The van der Waals surface area contributed by atoms with E-state index in [0.29, 0.717) is 0 Å². The summed E-state index contributed by atoms with van der Waals surface area (Å²) in [5.74, 6) is 0.794. The maximum absolute atomic E-state index is 9.05. The standard InChI is InChI=1S/C11H16N4/c1-2-15-8-10(7-14-15)11(5-12)13-6-9-3-4-9/h7-9,11,13H,2-4,6H2,1H3. The number of rotatable bonds is 5. The molecule has 4 nitrogen and oxygen atoms in total. The van der Waals surface area contributed by atoms with Crippen LogP contribution in [0.25, 0.3) is 0 Å². The van der Waals surface area contributed by atoms with E-state index in [1.54, 1.807) is 6.20 Å². The number of nitriles is 1. The van der Waals surface area contributed by atoms with Crippen LogP contribution in [0.5, 0.6) is 0 Å². The van der Waals surface area contributed by atoms with Crippen molar-refractivity contribution in [2.45, 2.75) is 32.4 Å². The molecule has 0 spiro atoms. The zero-order valence-corrected chi connectivity index (χ0v) is 8.98. The molecule has 1 heterocycles. The highest BCUT2D eigenvalue weighted by Crippen LogP contribution is 2.28. The average Bonchev–Trinajstić information content (AvgIpc) is 2.96. The third kappa shape index (κ3) is 2.57. The maximum Gasteiger partial charge on any atom is 0.124 e. The summed E-state index contributed by atoms with van der Waals surface area (Å²) in [7, 11) is 0. The minimum absolute atomic E-state index is 0.203. The molecule has 1 aromatic heterocycles. The Morgan fingerprint density at radius 3 is 3.07 bits per heavy atom. The van der Waals surface area contributed by atoms with Crippen LogP contribution >= 0.6 is 0 Å². The van der Waals surface area contributed by atoms with Crippen molar-refractivity contribution in [3.05, 3.63) is 18.0 Å². The summed E-state index contributed by atoms with van der Waals surface area (Å²) in [6.07, 6.45) is 6.32. The third-order valence-electron chi connectivity index (χ3n) is 2.75. The highest BCUT2D eigenvalue weighted by atomic mass is 15.3. The molecule has 80 valence electrons. The fraction of sp³-hybridized carbons (Fsp3) is 0.636. The van der Waals surface area contributed by atoms with Crippen LogP contribution in [0.15, 0.2) is 12.4 Å². The van der Waals surface area contributed by atoms with Gasteiger partial charge in [0.25, 0.3) is 0 Å². The molecule has 0 bridgehead atoms. The lowest BCUT2D eigenvalue weighted by molar-refractivity contribution is 0.591. The summed E-state index contributed by atoms with van der Waals surface area (Å²) in [6.45, 7) is 3.84. The summed E-state index contributed by atoms with van der Waals surface area (Å²) in [4.78, 5) is 0. The van der Waals surface area contributed by atoms with Crippen LogP contribution in [0, 0.1) is 17.2 Å². The Kier molecular flexibility index (Phi) is 3.02. The van der Waals surface area contributed by atoms with E-state index in [2.05, 4.69) is 16.5 Å². The molecule has 0 saturated heterocycles. The lowest BCUT2D eigenvalue weighted by atomic mass is 10.2. The van der Waals surface area contributed by atoms with Crippen LogP contribution in [-0.2, 0) is 6.54 Å². The first-order valence-corrected chi connectivity index (χ1v) is 5.49. The van der Waals surface area contributed by atoms with Crippen LogP contribution in [0.3, 0.4) is 0 Å².